The second-order valence-electron chi connectivity index (χ2n) is 3.78. The van der Waals surface area contributed by atoms with Gasteiger partial charge in [0.05, 0.1) is 5.56 Å². The van der Waals surface area contributed by atoms with E-state index in [1.165, 1.54) is 6.39 Å². The Hall–Kier alpha value is -2.21. The normalized spacial score (nSPS) is 10.4. The number of benzene rings is 1. The zero-order valence-corrected chi connectivity index (χ0v) is 9.67. The van der Waals surface area contributed by atoms with Crippen LogP contribution in [-0.4, -0.2) is 27.8 Å². The number of nitrogens with one attached hydrogen (secondary N) is 1. The second kappa shape index (κ2) is 5.92. The Morgan fingerprint density at radius 1 is 1.44 bits per heavy atom. The number of nitrogens with zero attached hydrogens (tertiary/aromatic N) is 2. The van der Waals surface area contributed by atoms with Crippen molar-refractivity contribution < 1.29 is 14.4 Å². The van der Waals surface area contributed by atoms with Gasteiger partial charge in [0, 0.05) is 19.5 Å². The van der Waals surface area contributed by atoms with Crippen LogP contribution in [-0.2, 0) is 13.0 Å². The van der Waals surface area contributed by atoms with E-state index in [0.29, 0.717) is 30.9 Å². The molecule has 0 amide bonds. The highest BCUT2D eigenvalue weighted by Gasteiger charge is 2.03. The van der Waals surface area contributed by atoms with E-state index in [1.54, 1.807) is 18.2 Å². The molecule has 2 N–H and O–H groups in total. The molecule has 0 fully saturated rings. The minimum atomic E-state index is -0.913. The van der Waals surface area contributed by atoms with Gasteiger partial charge in [-0.3, -0.25) is 0 Å². The molecule has 0 unspecified atom stereocenters. The topological polar surface area (TPSA) is 88.2 Å². The van der Waals surface area contributed by atoms with Gasteiger partial charge in [-0.25, -0.2) is 4.79 Å². The third kappa shape index (κ3) is 3.39. The van der Waals surface area contributed by atoms with Gasteiger partial charge in [-0.15, -0.1) is 0 Å². The van der Waals surface area contributed by atoms with Crippen molar-refractivity contribution in [1.82, 2.24) is 15.5 Å². The molecule has 6 nitrogen and oxygen atoms in total. The summed E-state index contributed by atoms with van der Waals surface area (Å²) in [5, 5.41) is 15.7. The van der Waals surface area contributed by atoms with Crippen molar-refractivity contribution in [3.05, 3.63) is 47.6 Å². The van der Waals surface area contributed by atoms with Crippen molar-refractivity contribution >= 4 is 5.97 Å². The van der Waals surface area contributed by atoms with Crippen molar-refractivity contribution in [2.24, 2.45) is 0 Å². The second-order valence-corrected chi connectivity index (χ2v) is 3.78. The van der Waals surface area contributed by atoms with Crippen molar-refractivity contribution in [3.63, 3.8) is 0 Å². The summed E-state index contributed by atoms with van der Waals surface area (Å²) < 4.78 is 4.62. The Balaban J connectivity index is 1.79. The molecule has 0 saturated carbocycles. The molecule has 1 aromatic carbocycles. The first kappa shape index (κ1) is 12.3. The minimum Gasteiger partial charge on any atom is -0.478 e. The number of rotatable bonds is 6. The lowest BCUT2D eigenvalue weighted by Crippen LogP contribution is -2.17. The zero-order chi connectivity index (χ0) is 12.8. The van der Waals surface area contributed by atoms with Crippen molar-refractivity contribution in [3.8, 4) is 0 Å². The number of carboxylic acid groups (broad SMARTS) is 1. The van der Waals surface area contributed by atoms with Crippen LogP contribution in [0.5, 0.6) is 0 Å². The first-order chi connectivity index (χ1) is 8.75. The average molecular weight is 247 g/mol. The molecular weight excluding hydrogens is 234 g/mol. The molecule has 94 valence electrons. The minimum absolute atomic E-state index is 0.299. The van der Waals surface area contributed by atoms with Gasteiger partial charge in [0.2, 0.25) is 6.39 Å². The van der Waals surface area contributed by atoms with Gasteiger partial charge in [0.1, 0.15) is 0 Å². The Morgan fingerprint density at radius 2 is 2.33 bits per heavy atom. The smallest absolute Gasteiger partial charge is 0.335 e. The van der Waals surface area contributed by atoms with Crippen LogP contribution in [0.15, 0.2) is 35.2 Å². The molecule has 1 heterocycles. The third-order valence-corrected chi connectivity index (χ3v) is 2.44. The molecule has 0 radical (unpaired) electrons. The molecule has 0 saturated heterocycles. The van der Waals surface area contributed by atoms with Gasteiger partial charge in [-0.1, -0.05) is 17.3 Å². The first-order valence-corrected chi connectivity index (χ1v) is 5.54. The maximum absolute atomic E-state index is 10.8. The summed E-state index contributed by atoms with van der Waals surface area (Å²) in [6.07, 6.45) is 1.97. The molecule has 1 aromatic heterocycles. The van der Waals surface area contributed by atoms with Crippen molar-refractivity contribution in [1.29, 1.82) is 0 Å². The van der Waals surface area contributed by atoms with Crippen LogP contribution in [0, 0.1) is 0 Å². The van der Waals surface area contributed by atoms with E-state index in [9.17, 15) is 4.79 Å². The Bertz CT molecular complexity index is 511. The summed E-state index contributed by atoms with van der Waals surface area (Å²) >= 11 is 0. The molecule has 2 rings (SSSR count). The van der Waals surface area contributed by atoms with Crippen LogP contribution in [0.4, 0.5) is 0 Å². The summed E-state index contributed by atoms with van der Waals surface area (Å²) in [5.41, 5.74) is 1.23. The fraction of sp³-hybridized carbons (Fsp3) is 0.250. The summed E-state index contributed by atoms with van der Waals surface area (Å²) in [6, 6.07) is 6.85. The number of hydrogen-bond acceptors (Lipinski definition) is 5. The van der Waals surface area contributed by atoms with Gasteiger partial charge in [0.15, 0.2) is 5.82 Å². The Morgan fingerprint density at radius 3 is 3.06 bits per heavy atom. The molecule has 0 bridgehead atoms. The Kier molecular flexibility index (Phi) is 4.03. The standard InChI is InChI=1S/C12H13N3O3/c16-12(17)10-3-1-2-9(6-10)7-13-5-4-11-14-8-18-15-11/h1-3,6,8,13H,4-5,7H2,(H,16,17). The molecular formula is C12H13N3O3. The van der Waals surface area contributed by atoms with Crippen molar-refractivity contribution in [2.75, 3.05) is 6.54 Å². The lowest BCUT2D eigenvalue weighted by molar-refractivity contribution is 0.0696. The number of aromatic carboxylic acids is 1. The van der Waals surface area contributed by atoms with Crippen LogP contribution in [0.2, 0.25) is 0 Å². The number of carbonyl (C=O) groups is 1. The molecule has 0 atom stereocenters. The zero-order valence-electron chi connectivity index (χ0n) is 9.67. The lowest BCUT2D eigenvalue weighted by Gasteiger charge is -2.04. The van der Waals surface area contributed by atoms with Crippen LogP contribution in [0.3, 0.4) is 0 Å². The van der Waals surface area contributed by atoms with Crippen LogP contribution < -0.4 is 5.32 Å². The Labute approximate surface area is 104 Å². The lowest BCUT2D eigenvalue weighted by atomic mass is 10.1. The summed E-state index contributed by atoms with van der Waals surface area (Å²) in [4.78, 5) is 14.7. The highest BCUT2D eigenvalue weighted by Crippen LogP contribution is 2.05. The van der Waals surface area contributed by atoms with E-state index >= 15 is 0 Å². The number of carboxylic acids is 1. The van der Waals surface area contributed by atoms with Gasteiger partial charge >= 0.3 is 5.97 Å². The van der Waals surface area contributed by atoms with Gasteiger partial charge in [-0.2, -0.15) is 4.98 Å². The predicted octanol–water partition coefficient (Wildman–Crippen LogP) is 1.10. The molecule has 0 aliphatic rings. The average Bonchev–Trinajstić information content (AvgIpc) is 2.88. The molecule has 2 aromatic rings. The fourth-order valence-electron chi connectivity index (χ4n) is 1.55. The quantitative estimate of drug-likeness (QED) is 0.743. The molecule has 0 spiro atoms. The van der Waals surface area contributed by atoms with Crippen LogP contribution >= 0.6 is 0 Å². The van der Waals surface area contributed by atoms with Gasteiger partial charge in [-0.05, 0) is 17.7 Å². The number of hydrogen-bond donors (Lipinski definition) is 2. The highest BCUT2D eigenvalue weighted by molar-refractivity contribution is 5.87. The van der Waals surface area contributed by atoms with E-state index in [4.69, 9.17) is 5.11 Å². The molecule has 0 aliphatic heterocycles. The summed E-state index contributed by atoms with van der Waals surface area (Å²) in [7, 11) is 0. The largest absolute Gasteiger partial charge is 0.478 e. The molecule has 0 aliphatic carbocycles. The van der Waals surface area contributed by atoms with Gasteiger partial charge < -0.3 is 14.9 Å². The van der Waals surface area contributed by atoms with Crippen molar-refractivity contribution in [2.45, 2.75) is 13.0 Å². The van der Waals surface area contributed by atoms with E-state index in [1.807, 2.05) is 6.07 Å². The highest BCUT2D eigenvalue weighted by atomic mass is 16.5. The van der Waals surface area contributed by atoms with E-state index < -0.39 is 5.97 Å². The maximum atomic E-state index is 10.8. The molecule has 18 heavy (non-hydrogen) atoms. The van der Waals surface area contributed by atoms with Crippen LogP contribution in [0.1, 0.15) is 21.7 Å². The van der Waals surface area contributed by atoms with Gasteiger partial charge in [0.25, 0.3) is 0 Å². The summed E-state index contributed by atoms with van der Waals surface area (Å²) in [5.74, 6) is -0.259. The SMILES string of the molecule is O=C(O)c1cccc(CNCCc2ncon2)c1. The van der Waals surface area contributed by atoms with E-state index in [2.05, 4.69) is 20.0 Å². The van der Waals surface area contributed by atoms with Crippen LogP contribution in [0.25, 0.3) is 0 Å². The first-order valence-electron chi connectivity index (χ1n) is 5.54. The van der Waals surface area contributed by atoms with E-state index in [-0.39, 0.29) is 0 Å². The summed E-state index contributed by atoms with van der Waals surface area (Å²) in [6.45, 7) is 1.32. The van der Waals surface area contributed by atoms with E-state index in [0.717, 1.165) is 5.56 Å². The maximum Gasteiger partial charge on any atom is 0.335 e. The fourth-order valence-corrected chi connectivity index (χ4v) is 1.55. The molecule has 6 heteroatoms. The predicted molar refractivity (Wildman–Crippen MR) is 63.1 cm³/mol. The third-order valence-electron chi connectivity index (χ3n) is 2.44. The number of aromatic nitrogens is 2. The monoisotopic (exact) mass is 247 g/mol.